The summed E-state index contributed by atoms with van der Waals surface area (Å²) in [6, 6.07) is 6.89. The minimum Gasteiger partial charge on any atom is -0.379 e. The number of amides is 1. The number of nitrogens with zero attached hydrogens (tertiary/aromatic N) is 1. The number of halogens is 1. The molecule has 2 aromatic rings. The number of fused-ring (bicyclic) bond motifs is 1. The first-order chi connectivity index (χ1) is 12.0. The largest absolute Gasteiger partial charge is 0.379 e. The molecule has 3 rings (SSSR count). The molecule has 1 fully saturated rings. The molecule has 1 N–H and O–H groups in total. The Morgan fingerprint density at radius 1 is 1.36 bits per heavy atom. The van der Waals surface area contributed by atoms with Crippen LogP contribution in [-0.4, -0.2) is 49.7 Å². The molecule has 1 saturated heterocycles. The van der Waals surface area contributed by atoms with Crippen LogP contribution in [0.15, 0.2) is 24.3 Å². The molecule has 1 aliphatic rings. The highest BCUT2D eigenvalue weighted by atomic mass is 32.1. The van der Waals surface area contributed by atoms with Gasteiger partial charge in [0.1, 0.15) is 5.82 Å². The Bertz CT molecular complexity index is 725. The van der Waals surface area contributed by atoms with Crippen molar-refractivity contribution in [2.45, 2.75) is 26.3 Å². The Morgan fingerprint density at radius 2 is 2.12 bits per heavy atom. The summed E-state index contributed by atoms with van der Waals surface area (Å²) in [5.74, 6) is 0.157. The number of nitrogens with one attached hydrogen (secondary N) is 1. The van der Waals surface area contributed by atoms with Gasteiger partial charge in [0.15, 0.2) is 0 Å². The summed E-state index contributed by atoms with van der Waals surface area (Å²) in [7, 11) is 0. The van der Waals surface area contributed by atoms with Crippen molar-refractivity contribution < 1.29 is 13.9 Å². The van der Waals surface area contributed by atoms with Gasteiger partial charge in [0.25, 0.3) is 5.91 Å². The van der Waals surface area contributed by atoms with E-state index in [0.717, 1.165) is 37.4 Å². The van der Waals surface area contributed by atoms with E-state index in [1.165, 1.54) is 17.4 Å². The fraction of sp³-hybridized carbons (Fsp3) is 0.526. The standard InChI is InChI=1S/C19H25FN2O2S/c1-13(2)10-14(22-6-8-24-9-7-22)12-21-19(23)18-11-15-16(20)4-3-5-17(15)25-18/h3-5,11,13-14H,6-10,12H2,1-2H3,(H,21,23). The van der Waals surface area contributed by atoms with Gasteiger partial charge in [-0.3, -0.25) is 9.69 Å². The maximum Gasteiger partial charge on any atom is 0.261 e. The lowest BCUT2D eigenvalue weighted by molar-refractivity contribution is 0.0125. The van der Waals surface area contributed by atoms with Crippen LogP contribution >= 0.6 is 11.3 Å². The van der Waals surface area contributed by atoms with Gasteiger partial charge < -0.3 is 10.1 Å². The van der Waals surface area contributed by atoms with Crippen molar-refractivity contribution in [1.82, 2.24) is 10.2 Å². The van der Waals surface area contributed by atoms with Crippen molar-refractivity contribution >= 4 is 27.3 Å². The van der Waals surface area contributed by atoms with Crippen LogP contribution < -0.4 is 5.32 Å². The lowest BCUT2D eigenvalue weighted by Gasteiger charge is -2.35. The van der Waals surface area contributed by atoms with Crippen LogP contribution in [0.4, 0.5) is 4.39 Å². The Labute approximate surface area is 152 Å². The van der Waals surface area contributed by atoms with Crippen LogP contribution in [0, 0.1) is 11.7 Å². The molecule has 25 heavy (non-hydrogen) atoms. The van der Waals surface area contributed by atoms with E-state index < -0.39 is 0 Å². The van der Waals surface area contributed by atoms with Gasteiger partial charge in [0.2, 0.25) is 0 Å². The van der Waals surface area contributed by atoms with Gasteiger partial charge in [0, 0.05) is 35.8 Å². The number of rotatable bonds is 6. The maximum atomic E-state index is 13.8. The third-order valence-electron chi connectivity index (χ3n) is 4.54. The van der Waals surface area contributed by atoms with E-state index in [-0.39, 0.29) is 11.7 Å². The number of thiophene rings is 1. The summed E-state index contributed by atoms with van der Waals surface area (Å²) in [6.07, 6.45) is 1.03. The zero-order chi connectivity index (χ0) is 17.8. The predicted molar refractivity (Wildman–Crippen MR) is 99.8 cm³/mol. The van der Waals surface area contributed by atoms with Crippen molar-refractivity contribution in [3.05, 3.63) is 35.0 Å². The molecule has 6 heteroatoms. The number of hydrogen-bond acceptors (Lipinski definition) is 4. The molecular formula is C19H25FN2O2S. The van der Waals surface area contributed by atoms with Gasteiger partial charge in [-0.2, -0.15) is 0 Å². The van der Waals surface area contributed by atoms with Gasteiger partial charge in [-0.25, -0.2) is 4.39 Å². The van der Waals surface area contributed by atoms with Crippen molar-refractivity contribution in [1.29, 1.82) is 0 Å². The first-order valence-electron chi connectivity index (χ1n) is 8.82. The molecule has 2 heterocycles. The molecule has 0 spiro atoms. The average molecular weight is 364 g/mol. The SMILES string of the molecule is CC(C)CC(CNC(=O)c1cc2c(F)cccc2s1)N1CCOCC1. The van der Waals surface area contributed by atoms with E-state index in [1.807, 2.05) is 6.07 Å². The van der Waals surface area contributed by atoms with Crippen molar-refractivity contribution in [3.8, 4) is 0 Å². The third-order valence-corrected chi connectivity index (χ3v) is 5.63. The van der Waals surface area contributed by atoms with Crippen molar-refractivity contribution in [2.24, 2.45) is 5.92 Å². The Morgan fingerprint density at radius 3 is 2.80 bits per heavy atom. The quantitative estimate of drug-likeness (QED) is 0.853. The lowest BCUT2D eigenvalue weighted by atomic mass is 10.0. The molecule has 1 aromatic heterocycles. The summed E-state index contributed by atoms with van der Waals surface area (Å²) in [5.41, 5.74) is 0. The summed E-state index contributed by atoms with van der Waals surface area (Å²) in [4.78, 5) is 15.5. The lowest BCUT2D eigenvalue weighted by Crippen LogP contribution is -2.49. The number of benzene rings is 1. The first-order valence-corrected chi connectivity index (χ1v) is 9.64. The van der Waals surface area contributed by atoms with Crippen LogP contribution in [0.1, 0.15) is 29.9 Å². The molecule has 1 aliphatic heterocycles. The van der Waals surface area contributed by atoms with Crippen LogP contribution in [0.5, 0.6) is 0 Å². The Hall–Kier alpha value is -1.50. The minimum absolute atomic E-state index is 0.123. The number of carbonyl (C=O) groups excluding carboxylic acids is 1. The molecule has 1 aromatic carbocycles. The smallest absolute Gasteiger partial charge is 0.261 e. The fourth-order valence-electron chi connectivity index (χ4n) is 3.28. The summed E-state index contributed by atoms with van der Waals surface area (Å²) >= 11 is 1.34. The highest BCUT2D eigenvalue weighted by molar-refractivity contribution is 7.20. The van der Waals surface area contributed by atoms with E-state index in [4.69, 9.17) is 4.74 Å². The molecule has 1 atom stereocenters. The molecule has 1 unspecified atom stereocenters. The molecule has 0 bridgehead atoms. The van der Waals surface area contributed by atoms with Gasteiger partial charge in [-0.15, -0.1) is 11.3 Å². The predicted octanol–water partition coefficient (Wildman–Crippen LogP) is 3.52. The highest BCUT2D eigenvalue weighted by Crippen LogP contribution is 2.27. The van der Waals surface area contributed by atoms with Gasteiger partial charge in [-0.05, 0) is 30.5 Å². The van der Waals surface area contributed by atoms with Gasteiger partial charge >= 0.3 is 0 Å². The van der Waals surface area contributed by atoms with E-state index in [0.29, 0.717) is 28.8 Å². The Balaban J connectivity index is 1.66. The topological polar surface area (TPSA) is 41.6 Å². The molecule has 136 valence electrons. The van der Waals surface area contributed by atoms with E-state index in [2.05, 4.69) is 24.1 Å². The number of hydrogen-bond donors (Lipinski definition) is 1. The van der Waals surface area contributed by atoms with Crippen LogP contribution in [-0.2, 0) is 4.74 Å². The van der Waals surface area contributed by atoms with Crippen molar-refractivity contribution in [3.63, 3.8) is 0 Å². The van der Waals surface area contributed by atoms with Crippen LogP contribution in [0.3, 0.4) is 0 Å². The Kier molecular flexibility index (Phi) is 6.04. The third kappa shape index (κ3) is 4.57. The van der Waals surface area contributed by atoms with Crippen molar-refractivity contribution in [2.75, 3.05) is 32.8 Å². The zero-order valence-corrected chi connectivity index (χ0v) is 15.6. The summed E-state index contributed by atoms with van der Waals surface area (Å²) in [5, 5.41) is 3.57. The van der Waals surface area contributed by atoms with Crippen LogP contribution in [0.25, 0.3) is 10.1 Å². The average Bonchev–Trinajstić information content (AvgIpc) is 3.04. The number of morpholine rings is 1. The fourth-order valence-corrected chi connectivity index (χ4v) is 4.27. The van der Waals surface area contributed by atoms with Crippen LogP contribution in [0.2, 0.25) is 0 Å². The second-order valence-corrected chi connectivity index (χ2v) is 7.99. The van der Waals surface area contributed by atoms with E-state index >= 15 is 0 Å². The zero-order valence-electron chi connectivity index (χ0n) is 14.8. The molecule has 1 amide bonds. The first kappa shape index (κ1) is 18.3. The number of carbonyl (C=O) groups is 1. The van der Waals surface area contributed by atoms with E-state index in [9.17, 15) is 9.18 Å². The highest BCUT2D eigenvalue weighted by Gasteiger charge is 2.23. The molecule has 0 saturated carbocycles. The van der Waals surface area contributed by atoms with E-state index in [1.54, 1.807) is 12.1 Å². The molecule has 4 nitrogen and oxygen atoms in total. The number of ether oxygens (including phenoxy) is 1. The second kappa shape index (κ2) is 8.25. The minimum atomic E-state index is -0.279. The van der Waals surface area contributed by atoms with Gasteiger partial charge in [-0.1, -0.05) is 19.9 Å². The second-order valence-electron chi connectivity index (χ2n) is 6.90. The molecular weight excluding hydrogens is 339 g/mol. The molecule has 0 radical (unpaired) electrons. The monoisotopic (exact) mass is 364 g/mol. The maximum absolute atomic E-state index is 13.8. The summed E-state index contributed by atoms with van der Waals surface area (Å²) < 4.78 is 20.1. The normalized spacial score (nSPS) is 17.1. The molecule has 0 aliphatic carbocycles. The summed E-state index contributed by atoms with van der Waals surface area (Å²) in [6.45, 7) is 8.31. The van der Waals surface area contributed by atoms with Gasteiger partial charge in [0.05, 0.1) is 18.1 Å².